The van der Waals surface area contributed by atoms with Crippen molar-refractivity contribution in [1.29, 1.82) is 0 Å². The van der Waals surface area contributed by atoms with Gasteiger partial charge in [0.15, 0.2) is 0 Å². The lowest BCUT2D eigenvalue weighted by Gasteiger charge is -2.28. The number of likely N-dealkylation sites (N-methyl/N-ethyl adjacent to an activating group) is 1. The Kier molecular flexibility index (Phi) is 4.95. The Bertz CT molecular complexity index is 261. The first kappa shape index (κ1) is 14.5. The van der Waals surface area contributed by atoms with Crippen molar-refractivity contribution in [3.05, 3.63) is 0 Å². The number of carbonyl (C=O) groups excluding carboxylic acids is 1. The van der Waals surface area contributed by atoms with E-state index in [-0.39, 0.29) is 23.3 Å². The van der Waals surface area contributed by atoms with Crippen molar-refractivity contribution in [3.63, 3.8) is 0 Å². The van der Waals surface area contributed by atoms with E-state index in [1.807, 2.05) is 7.05 Å². The second-order valence-corrected chi connectivity index (χ2v) is 6.05. The first-order chi connectivity index (χ1) is 7.86. The molecule has 0 saturated carbocycles. The summed E-state index contributed by atoms with van der Waals surface area (Å²) < 4.78 is 5.33. The minimum atomic E-state index is -0.0489. The van der Waals surface area contributed by atoms with Crippen LogP contribution in [0.25, 0.3) is 0 Å². The fourth-order valence-electron chi connectivity index (χ4n) is 1.79. The van der Waals surface area contributed by atoms with Crippen molar-refractivity contribution in [2.45, 2.75) is 33.7 Å². The molecule has 0 aromatic carbocycles. The molecule has 1 rings (SSSR count). The summed E-state index contributed by atoms with van der Waals surface area (Å²) in [7, 11) is 1.87. The van der Waals surface area contributed by atoms with Gasteiger partial charge in [0.05, 0.1) is 19.1 Å². The Morgan fingerprint density at radius 2 is 2.06 bits per heavy atom. The maximum Gasteiger partial charge on any atom is 0.227 e. The number of rotatable bonds is 4. The van der Waals surface area contributed by atoms with Gasteiger partial charge in [0, 0.05) is 12.6 Å². The van der Waals surface area contributed by atoms with Crippen LogP contribution in [0.1, 0.15) is 27.7 Å². The van der Waals surface area contributed by atoms with Gasteiger partial charge in [-0.25, -0.2) is 0 Å². The van der Waals surface area contributed by atoms with Gasteiger partial charge in [-0.15, -0.1) is 0 Å². The largest absolute Gasteiger partial charge is 0.379 e. The average molecular weight is 242 g/mol. The van der Waals surface area contributed by atoms with E-state index in [0.717, 1.165) is 6.54 Å². The molecule has 0 spiro atoms. The number of nitrogens with one attached hydrogen (secondary N) is 2. The van der Waals surface area contributed by atoms with E-state index in [9.17, 15) is 4.79 Å². The fourth-order valence-corrected chi connectivity index (χ4v) is 1.79. The highest BCUT2D eigenvalue weighted by molar-refractivity contribution is 5.79. The third-order valence-corrected chi connectivity index (χ3v) is 3.85. The number of carbonyl (C=O) groups is 1. The fraction of sp³-hybridized carbons (Fsp3) is 0.923. The molecule has 1 saturated heterocycles. The normalized spacial score (nSPS) is 26.9. The van der Waals surface area contributed by atoms with Crippen molar-refractivity contribution in [2.75, 3.05) is 26.8 Å². The molecule has 1 fully saturated rings. The number of hydrogen-bond donors (Lipinski definition) is 2. The highest BCUT2D eigenvalue weighted by atomic mass is 16.5. The van der Waals surface area contributed by atoms with E-state index in [4.69, 9.17) is 4.74 Å². The maximum atomic E-state index is 12.0. The minimum Gasteiger partial charge on any atom is -0.379 e. The van der Waals surface area contributed by atoms with Crippen LogP contribution in [0, 0.1) is 17.3 Å². The molecule has 100 valence electrons. The van der Waals surface area contributed by atoms with Crippen molar-refractivity contribution in [1.82, 2.24) is 10.6 Å². The molecule has 4 heteroatoms. The highest BCUT2D eigenvalue weighted by Crippen LogP contribution is 2.24. The summed E-state index contributed by atoms with van der Waals surface area (Å²) in [5, 5.41) is 6.16. The lowest BCUT2D eigenvalue weighted by atomic mass is 9.82. The van der Waals surface area contributed by atoms with Gasteiger partial charge in [-0.2, -0.15) is 0 Å². The van der Waals surface area contributed by atoms with Gasteiger partial charge in [-0.3, -0.25) is 4.79 Å². The topological polar surface area (TPSA) is 50.4 Å². The molecule has 1 heterocycles. The van der Waals surface area contributed by atoms with Gasteiger partial charge < -0.3 is 15.4 Å². The molecule has 1 aliphatic rings. The Balaban J connectivity index is 2.39. The van der Waals surface area contributed by atoms with Crippen LogP contribution >= 0.6 is 0 Å². The Morgan fingerprint density at radius 1 is 1.41 bits per heavy atom. The summed E-state index contributed by atoms with van der Waals surface area (Å²) in [6, 6.07) is 0.153. The van der Waals surface area contributed by atoms with Crippen LogP contribution in [0.3, 0.4) is 0 Å². The highest BCUT2D eigenvalue weighted by Gasteiger charge is 2.33. The summed E-state index contributed by atoms with van der Waals surface area (Å²) in [6.45, 7) is 10.6. The standard InChI is InChI=1S/C13H26N2O2/c1-9(13(2,3)4)6-15-12(16)10-7-17-8-11(10)14-5/h9-11,14H,6-8H2,1-5H3,(H,15,16). The molecular weight excluding hydrogens is 216 g/mol. The van der Waals surface area contributed by atoms with Gasteiger partial charge >= 0.3 is 0 Å². The van der Waals surface area contributed by atoms with Gasteiger partial charge in [-0.1, -0.05) is 27.7 Å². The first-order valence-corrected chi connectivity index (χ1v) is 6.39. The lowest BCUT2D eigenvalue weighted by Crippen LogP contribution is -2.44. The number of ether oxygens (including phenoxy) is 1. The van der Waals surface area contributed by atoms with Gasteiger partial charge in [0.25, 0.3) is 0 Å². The Morgan fingerprint density at radius 3 is 2.59 bits per heavy atom. The first-order valence-electron chi connectivity index (χ1n) is 6.39. The van der Waals surface area contributed by atoms with Crippen molar-refractivity contribution < 1.29 is 9.53 Å². The van der Waals surface area contributed by atoms with Crippen LogP contribution in [0.5, 0.6) is 0 Å². The van der Waals surface area contributed by atoms with Crippen molar-refractivity contribution in [3.8, 4) is 0 Å². The van der Waals surface area contributed by atoms with Crippen LogP contribution in [0.15, 0.2) is 0 Å². The van der Waals surface area contributed by atoms with Crippen LogP contribution in [0.4, 0.5) is 0 Å². The van der Waals surface area contributed by atoms with E-state index < -0.39 is 0 Å². The smallest absolute Gasteiger partial charge is 0.227 e. The molecule has 17 heavy (non-hydrogen) atoms. The van der Waals surface area contributed by atoms with Gasteiger partial charge in [-0.05, 0) is 18.4 Å². The van der Waals surface area contributed by atoms with Crippen LogP contribution in [-0.2, 0) is 9.53 Å². The summed E-state index contributed by atoms with van der Waals surface area (Å²) in [5.41, 5.74) is 0.224. The molecule has 0 bridgehead atoms. The third kappa shape index (κ3) is 3.96. The molecule has 2 N–H and O–H groups in total. The molecule has 0 radical (unpaired) electrons. The van der Waals surface area contributed by atoms with Crippen LogP contribution in [0.2, 0.25) is 0 Å². The monoisotopic (exact) mass is 242 g/mol. The SMILES string of the molecule is CNC1COCC1C(=O)NCC(C)C(C)(C)C. The van der Waals surface area contributed by atoms with Gasteiger partial charge in [0.1, 0.15) is 0 Å². The number of hydrogen-bond acceptors (Lipinski definition) is 3. The molecule has 3 atom stereocenters. The Labute approximate surface area is 104 Å². The molecule has 3 unspecified atom stereocenters. The zero-order valence-electron chi connectivity index (χ0n) is 11.7. The molecule has 1 amide bonds. The van der Waals surface area contributed by atoms with Crippen LogP contribution < -0.4 is 10.6 Å². The predicted octanol–water partition coefficient (Wildman–Crippen LogP) is 1.02. The van der Waals surface area contributed by atoms with E-state index in [1.165, 1.54) is 0 Å². The molecular formula is C13H26N2O2. The lowest BCUT2D eigenvalue weighted by molar-refractivity contribution is -0.125. The molecule has 0 aliphatic carbocycles. The van der Waals surface area contributed by atoms with E-state index in [0.29, 0.717) is 19.1 Å². The van der Waals surface area contributed by atoms with Crippen molar-refractivity contribution in [2.24, 2.45) is 17.3 Å². The Hall–Kier alpha value is -0.610. The van der Waals surface area contributed by atoms with E-state index in [1.54, 1.807) is 0 Å². The zero-order valence-corrected chi connectivity index (χ0v) is 11.7. The average Bonchev–Trinajstić information content (AvgIpc) is 2.71. The van der Waals surface area contributed by atoms with Gasteiger partial charge in [0.2, 0.25) is 5.91 Å². The second-order valence-electron chi connectivity index (χ2n) is 6.05. The summed E-state index contributed by atoms with van der Waals surface area (Å²) in [4.78, 5) is 12.0. The molecule has 0 aromatic heterocycles. The van der Waals surface area contributed by atoms with Crippen molar-refractivity contribution >= 4 is 5.91 Å². The van der Waals surface area contributed by atoms with E-state index in [2.05, 4.69) is 38.3 Å². The zero-order chi connectivity index (χ0) is 13.1. The minimum absolute atomic E-state index is 0.0489. The molecule has 0 aromatic rings. The quantitative estimate of drug-likeness (QED) is 0.774. The molecule has 1 aliphatic heterocycles. The predicted molar refractivity (Wildman–Crippen MR) is 68.8 cm³/mol. The summed E-state index contributed by atoms with van der Waals surface area (Å²) in [6.07, 6.45) is 0. The second kappa shape index (κ2) is 5.83. The molecule has 4 nitrogen and oxygen atoms in total. The third-order valence-electron chi connectivity index (χ3n) is 3.85. The summed E-state index contributed by atoms with van der Waals surface area (Å²) >= 11 is 0. The maximum absolute atomic E-state index is 12.0. The number of amides is 1. The van der Waals surface area contributed by atoms with E-state index >= 15 is 0 Å². The van der Waals surface area contributed by atoms with Crippen LogP contribution in [-0.4, -0.2) is 38.8 Å². The summed E-state index contributed by atoms with van der Waals surface area (Å²) in [5.74, 6) is 0.520.